The largest absolute Gasteiger partial charge is 0.449 e. The summed E-state index contributed by atoms with van der Waals surface area (Å²) in [5, 5.41) is 0. The van der Waals surface area contributed by atoms with E-state index in [-0.39, 0.29) is 5.78 Å². The minimum absolute atomic E-state index is 0.0338. The van der Waals surface area contributed by atoms with Crippen LogP contribution in [-0.4, -0.2) is 11.6 Å². The van der Waals surface area contributed by atoms with Gasteiger partial charge in [-0.1, -0.05) is 6.92 Å². The van der Waals surface area contributed by atoms with Gasteiger partial charge in [-0.15, -0.1) is 0 Å². The van der Waals surface area contributed by atoms with Gasteiger partial charge in [0, 0.05) is 18.9 Å². The van der Waals surface area contributed by atoms with Gasteiger partial charge in [-0.25, -0.2) is 0 Å². The van der Waals surface area contributed by atoms with Crippen LogP contribution in [0.5, 0.6) is 11.5 Å². The summed E-state index contributed by atoms with van der Waals surface area (Å²) < 4.78 is 11.3. The Morgan fingerprint density at radius 3 is 2.60 bits per heavy atom. The first-order valence-corrected chi connectivity index (χ1v) is 5.07. The van der Waals surface area contributed by atoms with Crippen LogP contribution in [0.4, 0.5) is 0 Å². The zero-order valence-electron chi connectivity index (χ0n) is 9.16. The van der Waals surface area contributed by atoms with E-state index in [1.165, 1.54) is 6.92 Å². The molecular weight excluding hydrogens is 192 g/mol. The van der Waals surface area contributed by atoms with Crippen molar-refractivity contribution >= 4 is 5.78 Å². The molecule has 3 heteroatoms. The molecule has 15 heavy (non-hydrogen) atoms. The molecule has 1 unspecified atom stereocenters. The standard InChI is InChI=1S/C12H14O3/c1-4-12(3)14-10-6-5-9(8(2)13)7-11(10)15-12/h5-7H,4H2,1-3H3. The Morgan fingerprint density at radius 1 is 1.33 bits per heavy atom. The van der Waals surface area contributed by atoms with Crippen molar-refractivity contribution in [3.05, 3.63) is 23.8 Å². The van der Waals surface area contributed by atoms with E-state index in [1.54, 1.807) is 18.2 Å². The Bertz CT molecular complexity index is 411. The van der Waals surface area contributed by atoms with Gasteiger partial charge in [0.05, 0.1) is 0 Å². The van der Waals surface area contributed by atoms with Crippen molar-refractivity contribution in [3.63, 3.8) is 0 Å². The molecule has 1 aliphatic heterocycles. The topological polar surface area (TPSA) is 35.5 Å². The molecule has 0 bridgehead atoms. The molecule has 1 aliphatic rings. The van der Waals surface area contributed by atoms with Gasteiger partial charge in [0.2, 0.25) is 5.79 Å². The van der Waals surface area contributed by atoms with Gasteiger partial charge in [0.15, 0.2) is 17.3 Å². The van der Waals surface area contributed by atoms with Crippen LogP contribution in [-0.2, 0) is 0 Å². The fourth-order valence-electron chi connectivity index (χ4n) is 1.52. The number of carbonyl (C=O) groups is 1. The monoisotopic (exact) mass is 206 g/mol. The van der Waals surface area contributed by atoms with Gasteiger partial charge >= 0.3 is 0 Å². The normalized spacial score (nSPS) is 22.9. The average Bonchev–Trinajstić information content (AvgIpc) is 2.53. The fraction of sp³-hybridized carbons (Fsp3) is 0.417. The van der Waals surface area contributed by atoms with Gasteiger partial charge in [0.1, 0.15) is 0 Å². The van der Waals surface area contributed by atoms with Crippen molar-refractivity contribution in [3.8, 4) is 11.5 Å². The predicted octanol–water partition coefficient (Wildman–Crippen LogP) is 2.79. The molecule has 1 heterocycles. The maximum absolute atomic E-state index is 11.2. The van der Waals surface area contributed by atoms with E-state index in [4.69, 9.17) is 9.47 Å². The number of carbonyl (C=O) groups excluding carboxylic acids is 1. The molecule has 0 fully saturated rings. The number of hydrogen-bond acceptors (Lipinski definition) is 3. The van der Waals surface area contributed by atoms with E-state index < -0.39 is 5.79 Å². The second kappa shape index (κ2) is 3.26. The van der Waals surface area contributed by atoms with Gasteiger partial charge < -0.3 is 9.47 Å². The Kier molecular flexibility index (Phi) is 2.18. The summed E-state index contributed by atoms with van der Waals surface area (Å²) >= 11 is 0. The van der Waals surface area contributed by atoms with Gasteiger partial charge in [-0.05, 0) is 25.1 Å². The van der Waals surface area contributed by atoms with Crippen molar-refractivity contribution < 1.29 is 14.3 Å². The quantitative estimate of drug-likeness (QED) is 0.698. The Hall–Kier alpha value is -1.51. The number of Topliss-reactive ketones (excluding diaryl/α,β-unsaturated/α-hetero) is 1. The molecule has 80 valence electrons. The summed E-state index contributed by atoms with van der Waals surface area (Å²) in [7, 11) is 0. The van der Waals surface area contributed by atoms with Crippen molar-refractivity contribution in [1.29, 1.82) is 0 Å². The maximum Gasteiger partial charge on any atom is 0.248 e. The first-order valence-electron chi connectivity index (χ1n) is 5.07. The summed E-state index contributed by atoms with van der Waals surface area (Å²) in [6.45, 7) is 5.43. The maximum atomic E-state index is 11.2. The Labute approximate surface area is 89.0 Å². The van der Waals surface area contributed by atoms with Gasteiger partial charge in [-0.2, -0.15) is 0 Å². The van der Waals surface area contributed by atoms with Crippen LogP contribution in [0.15, 0.2) is 18.2 Å². The van der Waals surface area contributed by atoms with Crippen molar-refractivity contribution in [2.75, 3.05) is 0 Å². The fourth-order valence-corrected chi connectivity index (χ4v) is 1.52. The van der Waals surface area contributed by atoms with Crippen LogP contribution in [0.25, 0.3) is 0 Å². The molecule has 2 rings (SSSR count). The molecule has 0 aromatic heterocycles. The molecule has 3 nitrogen and oxygen atoms in total. The highest BCUT2D eigenvalue weighted by molar-refractivity contribution is 5.94. The highest BCUT2D eigenvalue weighted by Crippen LogP contribution is 2.40. The van der Waals surface area contributed by atoms with Crippen LogP contribution in [0.2, 0.25) is 0 Å². The zero-order chi connectivity index (χ0) is 11.1. The summed E-state index contributed by atoms with van der Waals surface area (Å²) in [5.41, 5.74) is 0.651. The van der Waals surface area contributed by atoms with Crippen molar-refractivity contribution in [2.24, 2.45) is 0 Å². The lowest BCUT2D eigenvalue weighted by Gasteiger charge is -2.20. The van der Waals surface area contributed by atoms with E-state index >= 15 is 0 Å². The number of rotatable bonds is 2. The highest BCUT2D eigenvalue weighted by atomic mass is 16.7. The van der Waals surface area contributed by atoms with Crippen LogP contribution >= 0.6 is 0 Å². The molecule has 0 saturated carbocycles. The second-order valence-electron chi connectivity index (χ2n) is 3.91. The van der Waals surface area contributed by atoms with E-state index in [2.05, 4.69) is 0 Å². The van der Waals surface area contributed by atoms with E-state index in [0.717, 1.165) is 6.42 Å². The molecule has 1 aromatic carbocycles. The van der Waals surface area contributed by atoms with E-state index in [0.29, 0.717) is 17.1 Å². The molecule has 0 spiro atoms. The number of hydrogen-bond donors (Lipinski definition) is 0. The summed E-state index contributed by atoms with van der Waals surface area (Å²) in [6, 6.07) is 5.28. The zero-order valence-corrected chi connectivity index (χ0v) is 9.16. The number of ketones is 1. The van der Waals surface area contributed by atoms with Crippen LogP contribution in [0, 0.1) is 0 Å². The first kappa shape index (κ1) is 10.0. The third kappa shape index (κ3) is 1.69. The first-order chi connectivity index (χ1) is 7.04. The molecule has 0 aliphatic carbocycles. The lowest BCUT2D eigenvalue weighted by Crippen LogP contribution is -2.33. The van der Waals surface area contributed by atoms with E-state index in [1.807, 2.05) is 13.8 Å². The second-order valence-corrected chi connectivity index (χ2v) is 3.91. The third-order valence-corrected chi connectivity index (χ3v) is 2.64. The molecule has 1 aromatic rings. The predicted molar refractivity (Wildman–Crippen MR) is 56.4 cm³/mol. The molecule has 1 atom stereocenters. The minimum atomic E-state index is -0.586. The number of ether oxygens (including phenoxy) is 2. The third-order valence-electron chi connectivity index (χ3n) is 2.64. The Morgan fingerprint density at radius 2 is 2.00 bits per heavy atom. The summed E-state index contributed by atoms with van der Waals surface area (Å²) in [5.74, 6) is 0.820. The molecule has 0 N–H and O–H groups in total. The lowest BCUT2D eigenvalue weighted by atomic mass is 10.1. The highest BCUT2D eigenvalue weighted by Gasteiger charge is 2.34. The SMILES string of the molecule is CCC1(C)Oc2ccc(C(C)=O)cc2O1. The number of benzene rings is 1. The van der Waals surface area contributed by atoms with Crippen molar-refractivity contribution in [1.82, 2.24) is 0 Å². The smallest absolute Gasteiger partial charge is 0.248 e. The van der Waals surface area contributed by atoms with Gasteiger partial charge in [0.25, 0.3) is 0 Å². The van der Waals surface area contributed by atoms with Crippen LogP contribution in [0.1, 0.15) is 37.6 Å². The van der Waals surface area contributed by atoms with E-state index in [9.17, 15) is 4.79 Å². The van der Waals surface area contributed by atoms with Gasteiger partial charge in [-0.3, -0.25) is 4.79 Å². The average molecular weight is 206 g/mol. The molecule has 0 radical (unpaired) electrons. The van der Waals surface area contributed by atoms with Crippen LogP contribution in [0.3, 0.4) is 0 Å². The number of fused-ring (bicyclic) bond motifs is 1. The molecule has 0 amide bonds. The lowest BCUT2D eigenvalue weighted by molar-refractivity contribution is -0.0640. The minimum Gasteiger partial charge on any atom is -0.449 e. The van der Waals surface area contributed by atoms with Crippen molar-refractivity contribution in [2.45, 2.75) is 33.0 Å². The molecular formula is C12H14O3. The summed E-state index contributed by atoms with van der Waals surface area (Å²) in [4.78, 5) is 11.2. The Balaban J connectivity index is 2.35. The van der Waals surface area contributed by atoms with Crippen LogP contribution < -0.4 is 9.47 Å². The summed E-state index contributed by atoms with van der Waals surface area (Å²) in [6.07, 6.45) is 0.761. The molecule has 0 saturated heterocycles.